The summed E-state index contributed by atoms with van der Waals surface area (Å²) >= 11 is 11.6. The van der Waals surface area contributed by atoms with Crippen LogP contribution in [0, 0.1) is 0 Å². The Kier molecular flexibility index (Phi) is 5.01. The fourth-order valence-electron chi connectivity index (χ4n) is 1.72. The number of halogens is 2. The third-order valence-corrected chi connectivity index (χ3v) is 3.28. The molecule has 1 unspecified atom stereocenters. The number of hydrogen-bond acceptors (Lipinski definition) is 2. The van der Waals surface area contributed by atoms with E-state index in [9.17, 15) is 9.90 Å². The van der Waals surface area contributed by atoms with Crippen LogP contribution in [-0.2, 0) is 0 Å². The summed E-state index contributed by atoms with van der Waals surface area (Å²) in [5.74, 6) is -0.277. The smallest absolute Gasteiger partial charge is 0.251 e. The Morgan fingerprint density at radius 1 is 1.10 bits per heavy atom. The summed E-state index contributed by atoms with van der Waals surface area (Å²) in [5, 5.41) is 13.7. The summed E-state index contributed by atoms with van der Waals surface area (Å²) in [6.07, 6.45) is -0.782. The van der Waals surface area contributed by atoms with Crippen molar-refractivity contribution in [2.24, 2.45) is 0 Å². The van der Waals surface area contributed by atoms with Gasteiger partial charge in [-0.3, -0.25) is 4.79 Å². The molecule has 104 valence electrons. The quantitative estimate of drug-likeness (QED) is 0.908. The zero-order chi connectivity index (χ0) is 14.5. The standard InChI is InChI=1S/C15H13Cl2NO2/c16-12-6-4-10(5-7-12)14(19)9-18-15(20)11-2-1-3-13(17)8-11/h1-8,14,19H,9H2,(H,18,20). The number of aliphatic hydroxyl groups is 1. The largest absolute Gasteiger partial charge is 0.387 e. The molecule has 0 aliphatic carbocycles. The molecule has 2 aromatic rings. The van der Waals surface area contributed by atoms with E-state index in [2.05, 4.69) is 5.32 Å². The average Bonchev–Trinajstić information content (AvgIpc) is 2.45. The molecule has 1 amide bonds. The summed E-state index contributed by atoms with van der Waals surface area (Å²) < 4.78 is 0. The van der Waals surface area contributed by atoms with Crippen LogP contribution >= 0.6 is 23.2 Å². The molecule has 3 nitrogen and oxygen atoms in total. The fraction of sp³-hybridized carbons (Fsp3) is 0.133. The average molecular weight is 310 g/mol. The molecule has 1 atom stereocenters. The first-order valence-corrected chi connectivity index (χ1v) is 6.79. The van der Waals surface area contributed by atoms with Crippen molar-refractivity contribution in [3.63, 3.8) is 0 Å². The van der Waals surface area contributed by atoms with Gasteiger partial charge in [-0.2, -0.15) is 0 Å². The Morgan fingerprint density at radius 2 is 1.80 bits per heavy atom. The Bertz CT molecular complexity index is 599. The molecule has 0 aliphatic rings. The molecule has 0 saturated carbocycles. The third kappa shape index (κ3) is 3.97. The highest BCUT2D eigenvalue weighted by molar-refractivity contribution is 6.31. The van der Waals surface area contributed by atoms with Gasteiger partial charge in [0.05, 0.1) is 6.10 Å². The van der Waals surface area contributed by atoms with Crippen LogP contribution in [0.25, 0.3) is 0 Å². The highest BCUT2D eigenvalue weighted by Gasteiger charge is 2.11. The number of aliphatic hydroxyl groups excluding tert-OH is 1. The first kappa shape index (κ1) is 14.9. The van der Waals surface area contributed by atoms with Crippen LogP contribution in [0.5, 0.6) is 0 Å². The van der Waals surface area contributed by atoms with Gasteiger partial charge in [-0.1, -0.05) is 41.4 Å². The summed E-state index contributed by atoms with van der Waals surface area (Å²) in [5.41, 5.74) is 1.15. The van der Waals surface area contributed by atoms with E-state index in [1.807, 2.05) is 0 Å². The molecule has 0 bridgehead atoms. The van der Waals surface area contributed by atoms with Crippen molar-refractivity contribution in [1.82, 2.24) is 5.32 Å². The third-order valence-electron chi connectivity index (χ3n) is 2.80. The van der Waals surface area contributed by atoms with E-state index in [-0.39, 0.29) is 12.5 Å². The molecule has 0 aliphatic heterocycles. The minimum absolute atomic E-state index is 0.118. The van der Waals surface area contributed by atoms with Crippen LogP contribution in [0.2, 0.25) is 10.0 Å². The topological polar surface area (TPSA) is 49.3 Å². The lowest BCUT2D eigenvalue weighted by atomic mass is 10.1. The maximum atomic E-state index is 11.9. The van der Waals surface area contributed by atoms with Crippen LogP contribution in [0.15, 0.2) is 48.5 Å². The lowest BCUT2D eigenvalue weighted by Crippen LogP contribution is -2.28. The second-order valence-corrected chi connectivity index (χ2v) is 5.16. The minimum Gasteiger partial charge on any atom is -0.387 e. The molecular weight excluding hydrogens is 297 g/mol. The fourth-order valence-corrected chi connectivity index (χ4v) is 2.04. The second kappa shape index (κ2) is 6.75. The summed E-state index contributed by atoms with van der Waals surface area (Å²) in [6.45, 7) is 0.118. The van der Waals surface area contributed by atoms with Crippen molar-refractivity contribution in [3.05, 3.63) is 69.7 Å². The highest BCUT2D eigenvalue weighted by atomic mass is 35.5. The van der Waals surface area contributed by atoms with Gasteiger partial charge in [0.25, 0.3) is 5.91 Å². The van der Waals surface area contributed by atoms with Crippen molar-refractivity contribution in [1.29, 1.82) is 0 Å². The SMILES string of the molecule is O=C(NCC(O)c1ccc(Cl)cc1)c1cccc(Cl)c1. The van der Waals surface area contributed by atoms with E-state index in [4.69, 9.17) is 23.2 Å². The Hall–Kier alpha value is -1.55. The van der Waals surface area contributed by atoms with Gasteiger partial charge in [0.1, 0.15) is 0 Å². The number of carbonyl (C=O) groups excluding carboxylic acids is 1. The molecule has 0 fully saturated rings. The molecule has 0 radical (unpaired) electrons. The predicted molar refractivity (Wildman–Crippen MR) is 80.2 cm³/mol. The van der Waals surface area contributed by atoms with E-state index in [0.717, 1.165) is 0 Å². The Morgan fingerprint density at radius 3 is 2.45 bits per heavy atom. The van der Waals surface area contributed by atoms with E-state index in [1.54, 1.807) is 48.5 Å². The predicted octanol–water partition coefficient (Wildman–Crippen LogP) is 3.46. The Balaban J connectivity index is 1.94. The zero-order valence-electron chi connectivity index (χ0n) is 10.5. The van der Waals surface area contributed by atoms with E-state index in [0.29, 0.717) is 21.2 Å². The maximum Gasteiger partial charge on any atom is 0.251 e. The van der Waals surface area contributed by atoms with Crippen LogP contribution < -0.4 is 5.32 Å². The first-order valence-electron chi connectivity index (χ1n) is 6.03. The van der Waals surface area contributed by atoms with Gasteiger partial charge in [-0.25, -0.2) is 0 Å². The van der Waals surface area contributed by atoms with E-state index in [1.165, 1.54) is 0 Å². The zero-order valence-corrected chi connectivity index (χ0v) is 12.0. The van der Waals surface area contributed by atoms with Crippen molar-refractivity contribution >= 4 is 29.1 Å². The van der Waals surface area contributed by atoms with Crippen LogP contribution in [0.1, 0.15) is 22.0 Å². The summed E-state index contributed by atoms with van der Waals surface area (Å²) in [6, 6.07) is 13.5. The number of hydrogen-bond donors (Lipinski definition) is 2. The minimum atomic E-state index is -0.782. The number of rotatable bonds is 4. The number of carbonyl (C=O) groups is 1. The van der Waals surface area contributed by atoms with Crippen LogP contribution in [-0.4, -0.2) is 17.6 Å². The van der Waals surface area contributed by atoms with Crippen molar-refractivity contribution in [2.45, 2.75) is 6.10 Å². The van der Waals surface area contributed by atoms with E-state index >= 15 is 0 Å². The number of amides is 1. The normalized spacial score (nSPS) is 11.9. The molecule has 2 N–H and O–H groups in total. The van der Waals surface area contributed by atoms with Gasteiger partial charge in [0.15, 0.2) is 0 Å². The summed E-state index contributed by atoms with van der Waals surface area (Å²) in [4.78, 5) is 11.9. The van der Waals surface area contributed by atoms with Crippen molar-refractivity contribution < 1.29 is 9.90 Å². The molecular formula is C15H13Cl2NO2. The van der Waals surface area contributed by atoms with Gasteiger partial charge < -0.3 is 10.4 Å². The monoisotopic (exact) mass is 309 g/mol. The Labute approximate surface area is 127 Å². The maximum absolute atomic E-state index is 11.9. The highest BCUT2D eigenvalue weighted by Crippen LogP contribution is 2.16. The number of benzene rings is 2. The number of nitrogens with one attached hydrogen (secondary N) is 1. The van der Waals surface area contributed by atoms with Gasteiger partial charge in [0, 0.05) is 22.2 Å². The van der Waals surface area contributed by atoms with Crippen molar-refractivity contribution in [3.8, 4) is 0 Å². The van der Waals surface area contributed by atoms with Gasteiger partial charge in [-0.15, -0.1) is 0 Å². The molecule has 2 aromatic carbocycles. The van der Waals surface area contributed by atoms with E-state index < -0.39 is 6.10 Å². The molecule has 0 aromatic heterocycles. The molecule has 5 heteroatoms. The molecule has 20 heavy (non-hydrogen) atoms. The molecule has 2 rings (SSSR count). The second-order valence-electron chi connectivity index (χ2n) is 4.29. The van der Waals surface area contributed by atoms with Gasteiger partial charge in [-0.05, 0) is 35.9 Å². The molecule has 0 spiro atoms. The van der Waals surface area contributed by atoms with Crippen molar-refractivity contribution in [2.75, 3.05) is 6.54 Å². The van der Waals surface area contributed by atoms with Gasteiger partial charge in [0.2, 0.25) is 0 Å². The lowest BCUT2D eigenvalue weighted by Gasteiger charge is -2.12. The lowest BCUT2D eigenvalue weighted by molar-refractivity contribution is 0.0916. The molecule has 0 heterocycles. The van der Waals surface area contributed by atoms with Gasteiger partial charge >= 0.3 is 0 Å². The molecule has 0 saturated heterocycles. The van der Waals surface area contributed by atoms with Crippen LogP contribution in [0.3, 0.4) is 0 Å². The summed E-state index contributed by atoms with van der Waals surface area (Å²) in [7, 11) is 0. The van der Waals surface area contributed by atoms with Crippen LogP contribution in [0.4, 0.5) is 0 Å². The first-order chi connectivity index (χ1) is 9.56.